The van der Waals surface area contributed by atoms with Crippen molar-refractivity contribution in [3.05, 3.63) is 0 Å². The van der Waals surface area contributed by atoms with Gasteiger partial charge in [0.2, 0.25) is 11.8 Å². The number of carboxylic acid groups (broad SMARTS) is 1. The summed E-state index contributed by atoms with van der Waals surface area (Å²) in [6.07, 6.45) is 1.02. The third-order valence-electron chi connectivity index (χ3n) is 2.89. The summed E-state index contributed by atoms with van der Waals surface area (Å²) in [6, 6.07) is -0.599. The lowest BCUT2D eigenvalue weighted by Gasteiger charge is -2.26. The van der Waals surface area contributed by atoms with Gasteiger partial charge in [-0.2, -0.15) is 0 Å². The Morgan fingerprint density at radius 2 is 2.25 bits per heavy atom. The van der Waals surface area contributed by atoms with Gasteiger partial charge in [0.05, 0.1) is 0 Å². The highest BCUT2D eigenvalue weighted by atomic mass is 16.4. The number of aliphatic carboxylic acids is 1. The van der Waals surface area contributed by atoms with Crippen molar-refractivity contribution in [1.82, 2.24) is 10.6 Å². The van der Waals surface area contributed by atoms with E-state index in [1.165, 1.54) is 6.92 Å². The minimum Gasteiger partial charge on any atom is -0.480 e. The van der Waals surface area contributed by atoms with Crippen LogP contribution >= 0.6 is 0 Å². The van der Waals surface area contributed by atoms with Crippen molar-refractivity contribution < 1.29 is 19.5 Å². The summed E-state index contributed by atoms with van der Waals surface area (Å²) in [5.74, 6) is -1.68. The molecule has 2 atom stereocenters. The Morgan fingerprint density at radius 3 is 2.62 bits per heavy atom. The minimum absolute atomic E-state index is 0.173. The Balaban J connectivity index is 2.62. The molecule has 16 heavy (non-hydrogen) atoms. The molecule has 1 rings (SSSR count). The Bertz CT molecular complexity index is 329. The zero-order valence-electron chi connectivity index (χ0n) is 9.37. The standard InChI is InChI=1S/C10H16N2O4/c1-3-10(2,9(15)16)12-8(14)6-4-5-7(13)11-6/h6H,3-5H2,1-2H3,(H,11,13)(H,12,14)(H,15,16). The van der Waals surface area contributed by atoms with Crippen molar-refractivity contribution in [2.24, 2.45) is 0 Å². The van der Waals surface area contributed by atoms with Crippen LogP contribution in [0.3, 0.4) is 0 Å². The van der Waals surface area contributed by atoms with Crippen LogP contribution < -0.4 is 10.6 Å². The second kappa shape index (κ2) is 4.51. The molecule has 1 fully saturated rings. The molecule has 0 aliphatic carbocycles. The highest BCUT2D eigenvalue weighted by molar-refractivity contribution is 5.93. The molecule has 1 heterocycles. The zero-order valence-corrected chi connectivity index (χ0v) is 9.37. The first-order chi connectivity index (χ1) is 7.39. The topological polar surface area (TPSA) is 95.5 Å². The molecule has 0 saturated carbocycles. The van der Waals surface area contributed by atoms with Crippen LogP contribution in [0.15, 0.2) is 0 Å². The van der Waals surface area contributed by atoms with E-state index < -0.39 is 23.5 Å². The van der Waals surface area contributed by atoms with Crippen molar-refractivity contribution in [1.29, 1.82) is 0 Å². The number of carbonyl (C=O) groups excluding carboxylic acids is 2. The second-order valence-corrected chi connectivity index (χ2v) is 4.14. The second-order valence-electron chi connectivity index (χ2n) is 4.14. The highest BCUT2D eigenvalue weighted by Crippen LogP contribution is 2.12. The van der Waals surface area contributed by atoms with Crippen LogP contribution in [0.4, 0.5) is 0 Å². The monoisotopic (exact) mass is 228 g/mol. The molecule has 0 bridgehead atoms. The van der Waals surface area contributed by atoms with E-state index in [4.69, 9.17) is 5.11 Å². The third kappa shape index (κ3) is 2.50. The van der Waals surface area contributed by atoms with Gasteiger partial charge in [0.1, 0.15) is 11.6 Å². The van der Waals surface area contributed by atoms with Crippen LogP contribution in [0.5, 0.6) is 0 Å². The number of carboxylic acids is 1. The van der Waals surface area contributed by atoms with Crippen molar-refractivity contribution in [3.63, 3.8) is 0 Å². The van der Waals surface area contributed by atoms with Crippen LogP contribution in [0.1, 0.15) is 33.1 Å². The number of hydrogen-bond donors (Lipinski definition) is 3. The van der Waals surface area contributed by atoms with E-state index in [1.807, 2.05) is 0 Å². The van der Waals surface area contributed by atoms with Gasteiger partial charge in [-0.3, -0.25) is 9.59 Å². The summed E-state index contributed by atoms with van der Waals surface area (Å²) in [6.45, 7) is 3.13. The van der Waals surface area contributed by atoms with Crippen molar-refractivity contribution in [2.45, 2.75) is 44.7 Å². The van der Waals surface area contributed by atoms with Gasteiger partial charge in [0.25, 0.3) is 0 Å². The predicted molar refractivity (Wildman–Crippen MR) is 55.6 cm³/mol. The van der Waals surface area contributed by atoms with Crippen LogP contribution in [0.25, 0.3) is 0 Å². The van der Waals surface area contributed by atoms with E-state index in [-0.39, 0.29) is 12.3 Å². The normalized spacial score (nSPS) is 23.4. The van der Waals surface area contributed by atoms with Crippen LogP contribution in [0.2, 0.25) is 0 Å². The molecule has 0 aromatic heterocycles. The zero-order chi connectivity index (χ0) is 12.3. The molecule has 90 valence electrons. The fourth-order valence-electron chi connectivity index (χ4n) is 1.46. The number of hydrogen-bond acceptors (Lipinski definition) is 3. The lowest BCUT2D eigenvalue weighted by atomic mass is 9.98. The fourth-order valence-corrected chi connectivity index (χ4v) is 1.46. The SMILES string of the molecule is CCC(C)(NC(=O)C1CCC(=O)N1)C(=O)O. The largest absolute Gasteiger partial charge is 0.480 e. The summed E-state index contributed by atoms with van der Waals surface area (Å²) >= 11 is 0. The quantitative estimate of drug-likeness (QED) is 0.612. The van der Waals surface area contributed by atoms with E-state index in [9.17, 15) is 14.4 Å². The van der Waals surface area contributed by atoms with Crippen molar-refractivity contribution >= 4 is 17.8 Å². The molecule has 2 amide bonds. The van der Waals surface area contributed by atoms with E-state index in [1.54, 1.807) is 6.92 Å². The maximum absolute atomic E-state index is 11.7. The predicted octanol–water partition coefficient (Wildman–Crippen LogP) is -0.365. The number of amides is 2. The minimum atomic E-state index is -1.27. The maximum Gasteiger partial charge on any atom is 0.329 e. The van der Waals surface area contributed by atoms with Gasteiger partial charge in [-0.15, -0.1) is 0 Å². The number of carbonyl (C=O) groups is 3. The van der Waals surface area contributed by atoms with Crippen molar-refractivity contribution in [3.8, 4) is 0 Å². The molecule has 3 N–H and O–H groups in total. The molecule has 6 nitrogen and oxygen atoms in total. The first-order valence-corrected chi connectivity index (χ1v) is 5.24. The molecule has 0 aromatic carbocycles. The van der Waals surface area contributed by atoms with Crippen LogP contribution in [-0.4, -0.2) is 34.5 Å². The van der Waals surface area contributed by atoms with E-state index in [0.717, 1.165) is 0 Å². The molecule has 0 aromatic rings. The molecular weight excluding hydrogens is 212 g/mol. The van der Waals surface area contributed by atoms with Gasteiger partial charge < -0.3 is 15.7 Å². The first-order valence-electron chi connectivity index (χ1n) is 5.24. The maximum atomic E-state index is 11.7. The Morgan fingerprint density at radius 1 is 1.62 bits per heavy atom. The third-order valence-corrected chi connectivity index (χ3v) is 2.89. The van der Waals surface area contributed by atoms with Gasteiger partial charge in [-0.25, -0.2) is 4.79 Å². The lowest BCUT2D eigenvalue weighted by Crippen LogP contribution is -2.56. The smallest absolute Gasteiger partial charge is 0.329 e. The Kier molecular flexibility index (Phi) is 3.51. The van der Waals surface area contributed by atoms with E-state index >= 15 is 0 Å². The molecule has 0 radical (unpaired) electrons. The number of rotatable bonds is 4. The van der Waals surface area contributed by atoms with Gasteiger partial charge in [-0.1, -0.05) is 6.92 Å². The Hall–Kier alpha value is -1.59. The molecule has 1 aliphatic heterocycles. The molecule has 6 heteroatoms. The van der Waals surface area contributed by atoms with Gasteiger partial charge in [0, 0.05) is 6.42 Å². The molecule has 2 unspecified atom stereocenters. The summed E-state index contributed by atoms with van der Waals surface area (Å²) in [7, 11) is 0. The lowest BCUT2D eigenvalue weighted by molar-refractivity contribution is -0.147. The molecule has 0 spiro atoms. The summed E-state index contributed by atoms with van der Waals surface area (Å²) in [5, 5.41) is 13.9. The highest BCUT2D eigenvalue weighted by Gasteiger charge is 2.36. The molecular formula is C10H16N2O4. The summed E-state index contributed by atoms with van der Waals surface area (Å²) < 4.78 is 0. The van der Waals surface area contributed by atoms with Gasteiger partial charge in [-0.05, 0) is 19.8 Å². The van der Waals surface area contributed by atoms with Crippen molar-refractivity contribution in [2.75, 3.05) is 0 Å². The Labute approximate surface area is 93.4 Å². The van der Waals surface area contributed by atoms with Gasteiger partial charge >= 0.3 is 5.97 Å². The van der Waals surface area contributed by atoms with E-state index in [2.05, 4.69) is 10.6 Å². The average molecular weight is 228 g/mol. The molecule has 1 aliphatic rings. The van der Waals surface area contributed by atoms with Gasteiger partial charge in [0.15, 0.2) is 0 Å². The average Bonchev–Trinajstić information content (AvgIpc) is 2.64. The summed E-state index contributed by atoms with van der Waals surface area (Å²) in [5.41, 5.74) is -1.27. The van der Waals surface area contributed by atoms with Crippen LogP contribution in [0, 0.1) is 0 Å². The summed E-state index contributed by atoms with van der Waals surface area (Å²) in [4.78, 5) is 33.6. The molecule has 1 saturated heterocycles. The first kappa shape index (κ1) is 12.5. The van der Waals surface area contributed by atoms with Crippen LogP contribution in [-0.2, 0) is 14.4 Å². The van der Waals surface area contributed by atoms with E-state index in [0.29, 0.717) is 12.8 Å². The number of nitrogens with one attached hydrogen (secondary N) is 2. The fraction of sp³-hybridized carbons (Fsp3) is 0.700.